The highest BCUT2D eigenvalue weighted by atomic mass is 16.5. The first-order valence-corrected chi connectivity index (χ1v) is 9.89. The van der Waals surface area contributed by atoms with Crippen LogP contribution in [0.25, 0.3) is 0 Å². The monoisotopic (exact) mass is 357 g/mol. The number of ether oxygens (including phenoxy) is 1. The molecule has 1 aliphatic heterocycles. The van der Waals surface area contributed by atoms with E-state index in [0.29, 0.717) is 12.0 Å². The first-order chi connectivity index (χ1) is 13.4. The van der Waals surface area contributed by atoms with Crippen LogP contribution in [0.15, 0.2) is 91.0 Å². The summed E-state index contributed by atoms with van der Waals surface area (Å²) in [6, 6.07) is 32.5. The zero-order chi connectivity index (χ0) is 18.3. The van der Waals surface area contributed by atoms with Crippen LogP contribution in [0.4, 0.5) is 0 Å². The summed E-state index contributed by atoms with van der Waals surface area (Å²) in [7, 11) is 0. The van der Waals surface area contributed by atoms with Gasteiger partial charge in [0.2, 0.25) is 0 Å². The number of hydrogen-bond acceptors (Lipinski definition) is 2. The zero-order valence-corrected chi connectivity index (χ0v) is 15.6. The Hall–Kier alpha value is -2.42. The van der Waals surface area contributed by atoms with Gasteiger partial charge >= 0.3 is 0 Å². The Balaban J connectivity index is 1.41. The van der Waals surface area contributed by atoms with Crippen LogP contribution in [0.1, 0.15) is 35.4 Å². The Morgan fingerprint density at radius 1 is 0.741 bits per heavy atom. The summed E-state index contributed by atoms with van der Waals surface area (Å²) in [5.74, 6) is 0.294. The van der Waals surface area contributed by atoms with Crippen molar-refractivity contribution in [3.63, 3.8) is 0 Å². The molecule has 4 rings (SSSR count). The van der Waals surface area contributed by atoms with Crippen molar-refractivity contribution in [2.75, 3.05) is 6.61 Å². The summed E-state index contributed by atoms with van der Waals surface area (Å²) in [5.41, 5.74) is 4.00. The standard InChI is InChI=1S/C25H27NO/c1-4-10-20(11-5-1)18-26-23-16-17-24(27-19-23)25(21-12-6-2-7-13-21)22-14-8-3-9-15-22/h1-15,23-26H,16-19H2/t23-,24-/m1/s1. The molecule has 0 saturated carbocycles. The third-order valence-electron chi connectivity index (χ3n) is 5.44. The van der Waals surface area contributed by atoms with Crippen LogP contribution in [0.3, 0.4) is 0 Å². The maximum absolute atomic E-state index is 6.39. The van der Waals surface area contributed by atoms with Gasteiger partial charge in [0, 0.05) is 18.5 Å². The third-order valence-corrected chi connectivity index (χ3v) is 5.44. The molecule has 0 spiro atoms. The largest absolute Gasteiger partial charge is 0.376 e. The van der Waals surface area contributed by atoms with Gasteiger partial charge in [-0.2, -0.15) is 0 Å². The maximum Gasteiger partial charge on any atom is 0.0685 e. The van der Waals surface area contributed by atoms with Crippen LogP contribution < -0.4 is 5.32 Å². The number of rotatable bonds is 6. The van der Waals surface area contributed by atoms with Crippen LogP contribution in [0.2, 0.25) is 0 Å². The molecule has 27 heavy (non-hydrogen) atoms. The lowest BCUT2D eigenvalue weighted by atomic mass is 9.83. The molecule has 0 aliphatic carbocycles. The lowest BCUT2D eigenvalue weighted by molar-refractivity contribution is -0.0116. The van der Waals surface area contributed by atoms with Crippen LogP contribution in [0, 0.1) is 0 Å². The van der Waals surface area contributed by atoms with Gasteiger partial charge in [-0.3, -0.25) is 0 Å². The van der Waals surface area contributed by atoms with Crippen molar-refractivity contribution in [2.24, 2.45) is 0 Å². The van der Waals surface area contributed by atoms with E-state index in [2.05, 4.69) is 96.3 Å². The second-order valence-electron chi connectivity index (χ2n) is 7.31. The topological polar surface area (TPSA) is 21.3 Å². The van der Waals surface area contributed by atoms with E-state index >= 15 is 0 Å². The average molecular weight is 357 g/mol. The van der Waals surface area contributed by atoms with Gasteiger partial charge in [-0.1, -0.05) is 91.0 Å². The van der Waals surface area contributed by atoms with E-state index in [0.717, 1.165) is 26.0 Å². The minimum absolute atomic E-state index is 0.226. The fourth-order valence-electron chi connectivity index (χ4n) is 4.00. The molecule has 0 bridgehead atoms. The van der Waals surface area contributed by atoms with Crippen molar-refractivity contribution < 1.29 is 4.74 Å². The first kappa shape index (κ1) is 18.0. The molecule has 0 aromatic heterocycles. The van der Waals surface area contributed by atoms with Gasteiger partial charge in [0.1, 0.15) is 0 Å². The molecule has 1 saturated heterocycles. The number of hydrogen-bond donors (Lipinski definition) is 1. The smallest absolute Gasteiger partial charge is 0.0685 e. The van der Waals surface area contributed by atoms with Gasteiger partial charge in [-0.25, -0.2) is 0 Å². The molecule has 1 heterocycles. The van der Waals surface area contributed by atoms with E-state index in [-0.39, 0.29) is 6.10 Å². The highest BCUT2D eigenvalue weighted by molar-refractivity contribution is 5.34. The Kier molecular flexibility index (Phi) is 5.98. The average Bonchev–Trinajstić information content (AvgIpc) is 2.76. The molecular formula is C25H27NO. The van der Waals surface area contributed by atoms with E-state index in [9.17, 15) is 0 Å². The second kappa shape index (κ2) is 8.98. The lowest BCUT2D eigenvalue weighted by Crippen LogP contribution is -2.41. The minimum Gasteiger partial charge on any atom is -0.376 e. The van der Waals surface area contributed by atoms with Crippen molar-refractivity contribution in [3.05, 3.63) is 108 Å². The molecular weight excluding hydrogens is 330 g/mol. The molecule has 2 nitrogen and oxygen atoms in total. The SMILES string of the molecule is c1ccc(CN[C@@H]2CC[C@H](C(c3ccccc3)c3ccccc3)OC2)cc1. The number of nitrogens with one attached hydrogen (secondary N) is 1. The Morgan fingerprint density at radius 2 is 1.30 bits per heavy atom. The van der Waals surface area contributed by atoms with Crippen LogP contribution in [-0.2, 0) is 11.3 Å². The van der Waals surface area contributed by atoms with Crippen molar-refractivity contribution in [1.82, 2.24) is 5.32 Å². The van der Waals surface area contributed by atoms with Gasteiger partial charge in [-0.15, -0.1) is 0 Å². The molecule has 138 valence electrons. The highest BCUT2D eigenvalue weighted by Gasteiger charge is 2.30. The van der Waals surface area contributed by atoms with Crippen LogP contribution >= 0.6 is 0 Å². The maximum atomic E-state index is 6.39. The molecule has 1 N–H and O–H groups in total. The van der Waals surface area contributed by atoms with Gasteiger partial charge < -0.3 is 10.1 Å². The van der Waals surface area contributed by atoms with Crippen molar-refractivity contribution in [2.45, 2.75) is 37.5 Å². The Labute approximate surface area is 162 Å². The van der Waals surface area contributed by atoms with Gasteiger partial charge in [0.05, 0.1) is 12.7 Å². The molecule has 3 aromatic carbocycles. The molecule has 0 unspecified atom stereocenters. The molecule has 0 amide bonds. The van der Waals surface area contributed by atoms with E-state index in [1.54, 1.807) is 0 Å². The van der Waals surface area contributed by atoms with E-state index < -0.39 is 0 Å². The van der Waals surface area contributed by atoms with Gasteiger partial charge in [-0.05, 0) is 29.5 Å². The van der Waals surface area contributed by atoms with Gasteiger partial charge in [0.15, 0.2) is 0 Å². The predicted octanol–water partition coefficient (Wildman–Crippen LogP) is 5.16. The van der Waals surface area contributed by atoms with Gasteiger partial charge in [0.25, 0.3) is 0 Å². The van der Waals surface area contributed by atoms with E-state index in [1.807, 2.05) is 0 Å². The fourth-order valence-corrected chi connectivity index (χ4v) is 4.00. The second-order valence-corrected chi connectivity index (χ2v) is 7.31. The Morgan fingerprint density at radius 3 is 1.81 bits per heavy atom. The number of benzene rings is 3. The predicted molar refractivity (Wildman–Crippen MR) is 111 cm³/mol. The zero-order valence-electron chi connectivity index (χ0n) is 15.6. The van der Waals surface area contributed by atoms with Crippen molar-refractivity contribution in [1.29, 1.82) is 0 Å². The molecule has 2 heteroatoms. The van der Waals surface area contributed by atoms with Crippen LogP contribution in [-0.4, -0.2) is 18.8 Å². The van der Waals surface area contributed by atoms with E-state index in [1.165, 1.54) is 16.7 Å². The summed E-state index contributed by atoms with van der Waals surface area (Å²) in [6.45, 7) is 1.67. The molecule has 1 aliphatic rings. The van der Waals surface area contributed by atoms with Crippen molar-refractivity contribution in [3.8, 4) is 0 Å². The summed E-state index contributed by atoms with van der Waals surface area (Å²) in [5, 5.41) is 3.65. The van der Waals surface area contributed by atoms with Crippen molar-refractivity contribution >= 4 is 0 Å². The normalized spacial score (nSPS) is 19.9. The quantitative estimate of drug-likeness (QED) is 0.658. The summed E-state index contributed by atoms with van der Waals surface area (Å²) in [4.78, 5) is 0. The molecule has 3 aromatic rings. The fraction of sp³-hybridized carbons (Fsp3) is 0.280. The van der Waals surface area contributed by atoms with Crippen LogP contribution in [0.5, 0.6) is 0 Å². The summed E-state index contributed by atoms with van der Waals surface area (Å²) >= 11 is 0. The third kappa shape index (κ3) is 4.65. The summed E-state index contributed by atoms with van der Waals surface area (Å²) in [6.07, 6.45) is 2.44. The molecule has 2 atom stereocenters. The molecule has 1 fully saturated rings. The summed E-state index contributed by atoms with van der Waals surface area (Å²) < 4.78 is 6.39. The van der Waals surface area contributed by atoms with E-state index in [4.69, 9.17) is 4.74 Å². The molecule has 0 radical (unpaired) electrons. The first-order valence-electron chi connectivity index (χ1n) is 9.89. The highest BCUT2D eigenvalue weighted by Crippen LogP contribution is 2.34. The minimum atomic E-state index is 0.226. The Bertz CT molecular complexity index is 756. The lowest BCUT2D eigenvalue weighted by Gasteiger charge is -2.35.